The van der Waals surface area contributed by atoms with Crippen molar-refractivity contribution in [1.82, 2.24) is 10.2 Å². The summed E-state index contributed by atoms with van der Waals surface area (Å²) >= 11 is 0. The second-order valence-corrected chi connectivity index (χ2v) is 11.1. The van der Waals surface area contributed by atoms with Crippen LogP contribution in [0.25, 0.3) is 0 Å². The highest BCUT2D eigenvalue weighted by atomic mass is 16.3. The van der Waals surface area contributed by atoms with E-state index >= 15 is 0 Å². The summed E-state index contributed by atoms with van der Waals surface area (Å²) in [6.07, 6.45) is 0.290. The number of allylic oxidation sites excluding steroid dienone is 1. The molecule has 0 heterocycles. The molecule has 11 nitrogen and oxygen atoms in total. The van der Waals surface area contributed by atoms with Crippen molar-refractivity contribution in [2.45, 2.75) is 51.0 Å². The number of aliphatic hydroxyl groups excluding tert-OH is 1. The molecule has 8 atom stereocenters. The summed E-state index contributed by atoms with van der Waals surface area (Å²) in [5.41, 5.74) is 4.11. The Bertz CT molecular complexity index is 1300. The number of ketones is 4. The van der Waals surface area contributed by atoms with E-state index < -0.39 is 76.4 Å². The molecule has 1 aromatic rings. The van der Waals surface area contributed by atoms with Gasteiger partial charge < -0.3 is 26.4 Å². The molecule has 4 rings (SSSR count). The number of carbonyl (C=O) groups excluding carboxylic acids is 5. The first-order valence-electron chi connectivity index (χ1n) is 12.9. The number of primary amides is 1. The van der Waals surface area contributed by atoms with E-state index in [1.807, 2.05) is 19.9 Å². The van der Waals surface area contributed by atoms with Crippen molar-refractivity contribution >= 4 is 29.0 Å². The highest BCUT2D eigenvalue weighted by molar-refractivity contribution is 6.32. The van der Waals surface area contributed by atoms with Crippen molar-refractivity contribution in [3.63, 3.8) is 0 Å². The number of amides is 1. The number of nitrogens with zero attached hydrogens (tertiary/aromatic N) is 1. The molecule has 2 saturated carbocycles. The first-order chi connectivity index (χ1) is 18.2. The number of rotatable bonds is 6. The number of hydrogen-bond acceptors (Lipinski definition) is 10. The fourth-order valence-electron chi connectivity index (χ4n) is 6.67. The molecule has 39 heavy (non-hydrogen) atoms. The van der Waals surface area contributed by atoms with Gasteiger partial charge in [0.15, 0.2) is 34.7 Å². The van der Waals surface area contributed by atoms with Crippen LogP contribution in [-0.4, -0.2) is 87.6 Å². The zero-order valence-electron chi connectivity index (χ0n) is 22.6. The Balaban J connectivity index is 1.83. The van der Waals surface area contributed by atoms with E-state index in [0.29, 0.717) is 17.7 Å². The number of aliphatic hydroxyl groups is 2. The van der Waals surface area contributed by atoms with Crippen LogP contribution >= 0.6 is 0 Å². The zero-order chi connectivity index (χ0) is 29.1. The first kappa shape index (κ1) is 28.8. The number of nitrogens with two attached hydrogens (primary N) is 1. The molecule has 210 valence electrons. The quantitative estimate of drug-likeness (QED) is 0.231. The molecule has 0 aromatic heterocycles. The number of carbonyl (C=O) groups is 5. The topological polar surface area (TPSA) is 187 Å². The van der Waals surface area contributed by atoms with Crippen LogP contribution in [0.15, 0.2) is 23.8 Å². The van der Waals surface area contributed by atoms with Crippen LogP contribution in [0.1, 0.15) is 48.2 Å². The van der Waals surface area contributed by atoms with Gasteiger partial charge in [0, 0.05) is 24.6 Å². The van der Waals surface area contributed by atoms with Crippen LogP contribution in [-0.2, 0) is 25.7 Å². The van der Waals surface area contributed by atoms with Crippen molar-refractivity contribution < 1.29 is 39.3 Å². The third-order valence-electron chi connectivity index (χ3n) is 8.79. The summed E-state index contributed by atoms with van der Waals surface area (Å²) in [4.78, 5) is 67.8. The summed E-state index contributed by atoms with van der Waals surface area (Å²) in [5, 5.41) is 37.6. The lowest BCUT2D eigenvalue weighted by Crippen LogP contribution is -2.77. The van der Waals surface area contributed by atoms with Crippen LogP contribution < -0.4 is 11.1 Å². The van der Waals surface area contributed by atoms with E-state index in [-0.39, 0.29) is 17.9 Å². The molecule has 11 heteroatoms. The van der Waals surface area contributed by atoms with Crippen LogP contribution in [0.2, 0.25) is 0 Å². The fourth-order valence-corrected chi connectivity index (χ4v) is 6.67. The molecule has 6 N–H and O–H groups in total. The summed E-state index contributed by atoms with van der Waals surface area (Å²) in [7, 11) is 2.91. The molecule has 0 saturated heterocycles. The van der Waals surface area contributed by atoms with Gasteiger partial charge in [0.1, 0.15) is 5.75 Å². The lowest BCUT2D eigenvalue weighted by atomic mass is 9.49. The third kappa shape index (κ3) is 4.07. The fraction of sp³-hybridized carbons (Fsp3) is 0.536. The lowest BCUT2D eigenvalue weighted by molar-refractivity contribution is -0.196. The Morgan fingerprint density at radius 3 is 2.38 bits per heavy atom. The maximum absolute atomic E-state index is 14.0. The summed E-state index contributed by atoms with van der Waals surface area (Å²) in [6.45, 7) is 6.30. The van der Waals surface area contributed by atoms with Gasteiger partial charge >= 0.3 is 0 Å². The number of phenols is 1. The van der Waals surface area contributed by atoms with Crippen LogP contribution in [0.5, 0.6) is 5.75 Å². The average molecular weight is 542 g/mol. The van der Waals surface area contributed by atoms with Gasteiger partial charge in [-0.1, -0.05) is 30.7 Å². The highest BCUT2D eigenvalue weighted by Crippen LogP contribution is 2.54. The smallest absolute Gasteiger partial charge is 0.235 e. The monoisotopic (exact) mass is 541 g/mol. The van der Waals surface area contributed by atoms with Crippen molar-refractivity contribution in [3.8, 4) is 5.75 Å². The number of likely N-dealkylation sites (N-methyl/N-ethyl adjacent to an activating group) is 1. The Hall–Kier alpha value is -3.25. The second kappa shape index (κ2) is 10.1. The predicted octanol–water partition coefficient (Wildman–Crippen LogP) is -0.545. The molecule has 2 fully saturated rings. The van der Waals surface area contributed by atoms with Gasteiger partial charge in [-0.3, -0.25) is 28.9 Å². The molecular formula is C28H35N3O8. The molecule has 0 bridgehead atoms. The van der Waals surface area contributed by atoms with Crippen molar-refractivity contribution in [2.75, 3.05) is 20.6 Å². The molecule has 3 aliphatic carbocycles. The Morgan fingerprint density at radius 1 is 1.18 bits per heavy atom. The van der Waals surface area contributed by atoms with Gasteiger partial charge in [-0.2, -0.15) is 0 Å². The summed E-state index contributed by atoms with van der Waals surface area (Å²) in [6, 6.07) is 1.93. The molecule has 3 aliphatic rings. The van der Waals surface area contributed by atoms with Gasteiger partial charge in [-0.25, -0.2) is 0 Å². The standard InChI is InChI=1S/C28H35N3O8/c1-6-11(2)9-30-10-13-7-8-14-12(3)15-17(22(33)16(14)21(13)32)25(36)28(39)19(23(15)34)20(31(4)5)24(35)18(26(28)37)27(29)38/h6-8,12,15,17-20,23,30,32,34,39H,9-10H2,1-5H3,(H2,29,38)/t12-,15+,17?,18?,19+,20-,23-,28-/m0/s1. The van der Waals surface area contributed by atoms with Crippen molar-refractivity contribution in [2.24, 2.45) is 29.4 Å². The highest BCUT2D eigenvalue weighted by Gasteiger charge is 2.72. The Kier molecular flexibility index (Phi) is 7.41. The maximum Gasteiger partial charge on any atom is 0.235 e. The van der Waals surface area contributed by atoms with E-state index in [1.54, 1.807) is 19.1 Å². The van der Waals surface area contributed by atoms with Crippen molar-refractivity contribution in [3.05, 3.63) is 40.5 Å². The number of Topliss-reactive ketones (excluding diaryl/α,β-unsaturated/α-hetero) is 4. The lowest BCUT2D eigenvalue weighted by Gasteiger charge is -2.56. The SMILES string of the molecule is CC=C(C)CNCc1ccc2c(c1O)C(=O)C1C(=O)[C@]3(O)C(=O)C(C(N)=O)C(=O)[C@@H](N(C)C)[C@@H]3[C@@H](O)[C@@H]1[C@H]2C. The second-order valence-electron chi connectivity index (χ2n) is 11.1. The van der Waals surface area contributed by atoms with E-state index in [4.69, 9.17) is 5.73 Å². The molecular weight excluding hydrogens is 506 g/mol. The molecule has 0 spiro atoms. The zero-order valence-corrected chi connectivity index (χ0v) is 22.6. The molecule has 1 aromatic carbocycles. The van der Waals surface area contributed by atoms with Gasteiger partial charge in [0.2, 0.25) is 5.91 Å². The summed E-state index contributed by atoms with van der Waals surface area (Å²) in [5.74, 6) is -13.2. The van der Waals surface area contributed by atoms with Crippen LogP contribution in [0, 0.1) is 23.7 Å². The normalized spacial score (nSPS) is 34.6. The minimum atomic E-state index is -3.01. The number of phenolic OH excluding ortho intramolecular Hbond substituents is 1. The predicted molar refractivity (Wildman–Crippen MR) is 139 cm³/mol. The van der Waals surface area contributed by atoms with Gasteiger partial charge in [-0.15, -0.1) is 0 Å². The van der Waals surface area contributed by atoms with E-state index in [9.17, 15) is 39.3 Å². The minimum Gasteiger partial charge on any atom is -0.507 e. The maximum atomic E-state index is 14.0. The minimum absolute atomic E-state index is 0.108. The molecule has 1 amide bonds. The van der Waals surface area contributed by atoms with Crippen LogP contribution in [0.4, 0.5) is 0 Å². The van der Waals surface area contributed by atoms with Gasteiger partial charge in [0.05, 0.1) is 29.5 Å². The van der Waals surface area contributed by atoms with E-state index in [0.717, 1.165) is 5.57 Å². The summed E-state index contributed by atoms with van der Waals surface area (Å²) < 4.78 is 0. The van der Waals surface area contributed by atoms with E-state index in [2.05, 4.69) is 5.32 Å². The molecule has 2 unspecified atom stereocenters. The number of fused-ring (bicyclic) bond motifs is 3. The molecule has 0 aliphatic heterocycles. The number of benzene rings is 1. The Labute approximate surface area is 226 Å². The van der Waals surface area contributed by atoms with Gasteiger partial charge in [-0.05, 0) is 39.4 Å². The third-order valence-corrected chi connectivity index (χ3v) is 8.79. The largest absolute Gasteiger partial charge is 0.507 e. The van der Waals surface area contributed by atoms with Crippen LogP contribution in [0.3, 0.4) is 0 Å². The number of aromatic hydroxyl groups is 1. The number of hydrogen-bond donors (Lipinski definition) is 5. The first-order valence-corrected chi connectivity index (χ1v) is 12.9. The molecule has 0 radical (unpaired) electrons. The Morgan fingerprint density at radius 2 is 1.82 bits per heavy atom. The number of nitrogens with one attached hydrogen (secondary N) is 1. The average Bonchev–Trinajstić information content (AvgIpc) is 2.86. The van der Waals surface area contributed by atoms with Crippen molar-refractivity contribution in [1.29, 1.82) is 0 Å². The van der Waals surface area contributed by atoms with E-state index in [1.165, 1.54) is 19.0 Å². The van der Waals surface area contributed by atoms with Gasteiger partial charge in [0.25, 0.3) is 0 Å².